The summed E-state index contributed by atoms with van der Waals surface area (Å²) in [4.78, 5) is 17.5. The van der Waals surface area contributed by atoms with E-state index in [0.717, 1.165) is 18.4 Å². The Morgan fingerprint density at radius 1 is 0.871 bits per heavy atom. The molecule has 1 aromatic heterocycles. The van der Waals surface area contributed by atoms with Crippen LogP contribution in [0.25, 0.3) is 10.9 Å². The maximum Gasteiger partial charge on any atom is 0.220 e. The van der Waals surface area contributed by atoms with Crippen molar-refractivity contribution in [2.45, 2.75) is 103 Å². The van der Waals surface area contributed by atoms with E-state index < -0.39 is 0 Å². The highest BCUT2D eigenvalue weighted by Gasteiger charge is 2.08. The van der Waals surface area contributed by atoms with E-state index in [1.165, 1.54) is 88.0 Å². The smallest absolute Gasteiger partial charge is 0.220 e. The minimum atomic E-state index is 0.179. The number of benzene rings is 1. The quantitative estimate of drug-likeness (QED) is 0.264. The zero-order chi connectivity index (χ0) is 22.2. The first-order chi connectivity index (χ1) is 15.3. The minimum absolute atomic E-state index is 0.179. The lowest BCUT2D eigenvalue weighted by Gasteiger charge is -2.05. The molecule has 0 spiro atoms. The van der Waals surface area contributed by atoms with E-state index in [9.17, 15) is 4.79 Å². The molecule has 0 saturated heterocycles. The average molecular weight is 429 g/mol. The maximum absolute atomic E-state index is 12.1. The second-order valence-corrected chi connectivity index (χ2v) is 8.77. The molecule has 0 aliphatic heterocycles. The first-order valence-electron chi connectivity index (χ1n) is 12.7. The van der Waals surface area contributed by atoms with Gasteiger partial charge >= 0.3 is 0 Å². The second kappa shape index (κ2) is 15.8. The van der Waals surface area contributed by atoms with Gasteiger partial charge in [0.1, 0.15) is 7.11 Å². The average Bonchev–Trinajstić information content (AvgIpc) is 3.15. The van der Waals surface area contributed by atoms with Crippen molar-refractivity contribution in [2.24, 2.45) is 0 Å². The van der Waals surface area contributed by atoms with Gasteiger partial charge in [-0.1, -0.05) is 102 Å². The zero-order valence-corrected chi connectivity index (χ0v) is 20.0. The van der Waals surface area contributed by atoms with Crippen molar-refractivity contribution < 1.29 is 9.63 Å². The fourth-order valence-corrected chi connectivity index (χ4v) is 4.30. The lowest BCUT2D eigenvalue weighted by Crippen LogP contribution is -2.25. The van der Waals surface area contributed by atoms with Crippen molar-refractivity contribution in [3.8, 4) is 0 Å². The first-order valence-corrected chi connectivity index (χ1v) is 12.7. The third-order valence-electron chi connectivity index (χ3n) is 6.18. The molecule has 0 fully saturated rings. The molecule has 0 unspecified atom stereocenters. The van der Waals surface area contributed by atoms with E-state index in [1.807, 2.05) is 18.3 Å². The number of nitrogens with zero attached hydrogens (tertiary/aromatic N) is 1. The van der Waals surface area contributed by atoms with Gasteiger partial charge in [-0.2, -0.15) is 4.73 Å². The lowest BCUT2D eigenvalue weighted by atomic mass is 10.0. The Kier molecular flexibility index (Phi) is 12.9. The van der Waals surface area contributed by atoms with Crippen LogP contribution in [0.15, 0.2) is 30.5 Å². The molecule has 0 aliphatic rings. The highest BCUT2D eigenvalue weighted by atomic mass is 16.6. The van der Waals surface area contributed by atoms with Gasteiger partial charge in [0.2, 0.25) is 5.91 Å². The highest BCUT2D eigenvalue weighted by Crippen LogP contribution is 2.20. The fraction of sp³-hybridized carbons (Fsp3) is 0.667. The lowest BCUT2D eigenvalue weighted by molar-refractivity contribution is -0.121. The molecule has 0 radical (unpaired) electrons. The molecule has 0 atom stereocenters. The topological polar surface area (TPSA) is 43.3 Å². The van der Waals surface area contributed by atoms with Crippen molar-refractivity contribution in [1.82, 2.24) is 10.0 Å². The summed E-state index contributed by atoms with van der Waals surface area (Å²) in [5, 5.41) is 4.27. The summed E-state index contributed by atoms with van der Waals surface area (Å²) >= 11 is 0. The van der Waals surface area contributed by atoms with E-state index in [0.29, 0.717) is 13.0 Å². The van der Waals surface area contributed by atoms with Crippen LogP contribution in [0.1, 0.15) is 102 Å². The predicted octanol–water partition coefficient (Wildman–Crippen LogP) is 6.84. The van der Waals surface area contributed by atoms with E-state index >= 15 is 0 Å². The monoisotopic (exact) mass is 428 g/mol. The van der Waals surface area contributed by atoms with Gasteiger partial charge in [0.05, 0.1) is 5.52 Å². The Hall–Kier alpha value is -1.97. The molecule has 2 rings (SSSR count). The molecule has 4 heteroatoms. The summed E-state index contributed by atoms with van der Waals surface area (Å²) in [6.07, 6.45) is 20.8. The van der Waals surface area contributed by atoms with Crippen LogP contribution in [-0.2, 0) is 11.2 Å². The molecule has 174 valence electrons. The summed E-state index contributed by atoms with van der Waals surface area (Å²) in [6, 6.07) is 8.21. The molecular formula is C27H44N2O2. The molecule has 31 heavy (non-hydrogen) atoms. The Morgan fingerprint density at radius 3 is 2.06 bits per heavy atom. The summed E-state index contributed by atoms with van der Waals surface area (Å²) in [6.45, 7) is 2.95. The number of unbranched alkanes of at least 4 members (excludes halogenated alkanes) is 12. The summed E-state index contributed by atoms with van der Waals surface area (Å²) in [7, 11) is 1.67. The van der Waals surface area contributed by atoms with Gasteiger partial charge in [0, 0.05) is 24.5 Å². The number of carbonyl (C=O) groups is 1. The maximum atomic E-state index is 12.1. The molecule has 2 aromatic rings. The molecule has 4 nitrogen and oxygen atoms in total. The van der Waals surface area contributed by atoms with Crippen molar-refractivity contribution in [3.63, 3.8) is 0 Å². The van der Waals surface area contributed by atoms with Crippen molar-refractivity contribution in [3.05, 3.63) is 36.0 Å². The molecule has 1 amide bonds. The summed E-state index contributed by atoms with van der Waals surface area (Å²) < 4.78 is 1.79. The normalized spacial score (nSPS) is 11.2. The second-order valence-electron chi connectivity index (χ2n) is 8.77. The molecule has 0 aliphatic carbocycles. The molecule has 1 N–H and O–H groups in total. The Bertz CT molecular complexity index is 738. The zero-order valence-electron chi connectivity index (χ0n) is 20.0. The Labute approximate surface area is 189 Å². The Balaban J connectivity index is 1.45. The largest absolute Gasteiger partial charge is 0.417 e. The van der Waals surface area contributed by atoms with Crippen LogP contribution >= 0.6 is 0 Å². The number of hydrogen-bond donors (Lipinski definition) is 1. The van der Waals surface area contributed by atoms with Gasteiger partial charge in [-0.3, -0.25) is 4.79 Å². The van der Waals surface area contributed by atoms with Gasteiger partial charge in [-0.25, -0.2) is 0 Å². The summed E-state index contributed by atoms with van der Waals surface area (Å²) in [5.41, 5.74) is 2.28. The SMILES string of the molecule is CCCCCCCCCCCCCCCC(=O)NCCc1cn(OC)c2ccccc12. The number of carbonyl (C=O) groups excluding carboxylic acids is 1. The van der Waals surface area contributed by atoms with Gasteiger partial charge in [0.25, 0.3) is 0 Å². The van der Waals surface area contributed by atoms with Crippen LogP contribution in [0.4, 0.5) is 0 Å². The highest BCUT2D eigenvalue weighted by molar-refractivity contribution is 5.83. The first kappa shape index (κ1) is 25.3. The molecular weight excluding hydrogens is 384 g/mol. The van der Waals surface area contributed by atoms with E-state index in [4.69, 9.17) is 4.84 Å². The van der Waals surface area contributed by atoms with Crippen molar-refractivity contribution in [2.75, 3.05) is 13.7 Å². The number of hydrogen-bond acceptors (Lipinski definition) is 2. The minimum Gasteiger partial charge on any atom is -0.417 e. The molecule has 0 bridgehead atoms. The van der Waals surface area contributed by atoms with Crippen LogP contribution < -0.4 is 10.2 Å². The number of aromatic nitrogens is 1. The van der Waals surface area contributed by atoms with Crippen LogP contribution in [0, 0.1) is 0 Å². The number of rotatable bonds is 18. The van der Waals surface area contributed by atoms with Gasteiger partial charge < -0.3 is 10.2 Å². The standard InChI is InChI=1S/C27H44N2O2/c1-3-4-5-6-7-8-9-10-11-12-13-14-15-20-27(30)28-22-21-24-23-29(31-2)26-19-17-16-18-25(24)26/h16-19,23H,3-15,20-22H2,1-2H3,(H,28,30). The molecule has 1 aromatic carbocycles. The third-order valence-corrected chi connectivity index (χ3v) is 6.18. The number of para-hydroxylation sites is 1. The van der Waals surface area contributed by atoms with Gasteiger partial charge in [0.15, 0.2) is 0 Å². The van der Waals surface area contributed by atoms with E-state index in [2.05, 4.69) is 24.4 Å². The number of nitrogens with one attached hydrogen (secondary N) is 1. The van der Waals surface area contributed by atoms with Crippen LogP contribution in [0.2, 0.25) is 0 Å². The van der Waals surface area contributed by atoms with Crippen molar-refractivity contribution in [1.29, 1.82) is 0 Å². The van der Waals surface area contributed by atoms with E-state index in [-0.39, 0.29) is 5.91 Å². The molecule has 1 heterocycles. The summed E-state index contributed by atoms with van der Waals surface area (Å²) in [5.74, 6) is 0.179. The van der Waals surface area contributed by atoms with Crippen LogP contribution in [0.3, 0.4) is 0 Å². The third kappa shape index (κ3) is 9.80. The number of amides is 1. The van der Waals surface area contributed by atoms with E-state index in [1.54, 1.807) is 11.8 Å². The van der Waals surface area contributed by atoms with Gasteiger partial charge in [-0.05, 0) is 24.5 Å². The van der Waals surface area contributed by atoms with Crippen LogP contribution in [-0.4, -0.2) is 24.3 Å². The fourth-order valence-electron chi connectivity index (χ4n) is 4.30. The predicted molar refractivity (Wildman–Crippen MR) is 131 cm³/mol. The molecule has 0 saturated carbocycles. The Morgan fingerprint density at radius 2 is 1.45 bits per heavy atom. The van der Waals surface area contributed by atoms with Crippen LogP contribution in [0.5, 0.6) is 0 Å². The van der Waals surface area contributed by atoms with Gasteiger partial charge in [-0.15, -0.1) is 0 Å². The van der Waals surface area contributed by atoms with Crippen molar-refractivity contribution >= 4 is 16.8 Å². The number of fused-ring (bicyclic) bond motifs is 1.